The summed E-state index contributed by atoms with van der Waals surface area (Å²) < 4.78 is 68.3. The topological polar surface area (TPSA) is 237 Å². The molecule has 0 aliphatic rings. The van der Waals surface area contributed by atoms with E-state index in [4.69, 9.17) is 37.0 Å². The third kappa shape index (κ3) is 63.2. The molecule has 528 valence electrons. The zero-order chi connectivity index (χ0) is 66.1. The van der Waals surface area contributed by atoms with Crippen LogP contribution in [0.2, 0.25) is 0 Å². The van der Waals surface area contributed by atoms with Crippen LogP contribution in [0.5, 0.6) is 0 Å². The maximum absolute atomic E-state index is 13.0. The monoisotopic (exact) mass is 1310 g/mol. The van der Waals surface area contributed by atoms with Crippen LogP contribution < -0.4 is 0 Å². The fraction of sp³-hybridized carbons (Fsp3) is 0.943. The number of phosphoric acid groups is 2. The largest absolute Gasteiger partial charge is 0.472 e. The third-order valence-corrected chi connectivity index (χ3v) is 18.3. The van der Waals surface area contributed by atoms with Gasteiger partial charge >= 0.3 is 39.5 Å². The van der Waals surface area contributed by atoms with Gasteiger partial charge in [-0.05, 0) is 49.4 Å². The molecule has 0 aliphatic heterocycles. The van der Waals surface area contributed by atoms with Crippen LogP contribution in [0, 0.1) is 23.7 Å². The molecule has 0 aliphatic carbocycles. The van der Waals surface area contributed by atoms with Gasteiger partial charge in [0.05, 0.1) is 26.4 Å². The van der Waals surface area contributed by atoms with E-state index in [1.807, 2.05) is 0 Å². The van der Waals surface area contributed by atoms with Crippen molar-refractivity contribution in [2.75, 3.05) is 39.6 Å². The van der Waals surface area contributed by atoms with Gasteiger partial charge in [0.1, 0.15) is 19.3 Å². The lowest BCUT2D eigenvalue weighted by Gasteiger charge is -2.21. The van der Waals surface area contributed by atoms with Gasteiger partial charge in [0.2, 0.25) is 0 Å². The number of hydrogen-bond donors (Lipinski definition) is 3. The molecule has 19 heteroatoms. The van der Waals surface area contributed by atoms with E-state index in [1.165, 1.54) is 141 Å². The molecule has 3 unspecified atom stereocenters. The van der Waals surface area contributed by atoms with E-state index in [1.54, 1.807) is 0 Å². The fourth-order valence-electron chi connectivity index (χ4n) is 10.5. The molecule has 3 N–H and O–H groups in total. The average Bonchev–Trinajstić information content (AvgIpc) is 3.49. The van der Waals surface area contributed by atoms with E-state index < -0.39 is 97.5 Å². The highest BCUT2D eigenvalue weighted by Crippen LogP contribution is 2.45. The van der Waals surface area contributed by atoms with Gasteiger partial charge in [0.25, 0.3) is 0 Å². The van der Waals surface area contributed by atoms with Crippen molar-refractivity contribution < 1.29 is 80.2 Å². The number of carbonyl (C=O) groups excluding carboxylic acids is 4. The molecule has 0 aromatic carbocycles. The van der Waals surface area contributed by atoms with Crippen molar-refractivity contribution in [3.8, 4) is 0 Å². The molecule has 0 rings (SSSR count). The molecule has 0 saturated heterocycles. The van der Waals surface area contributed by atoms with Gasteiger partial charge in [-0.25, -0.2) is 9.13 Å². The smallest absolute Gasteiger partial charge is 0.462 e. The summed E-state index contributed by atoms with van der Waals surface area (Å²) in [5, 5.41) is 10.6. The van der Waals surface area contributed by atoms with Crippen molar-refractivity contribution in [3.63, 3.8) is 0 Å². The van der Waals surface area contributed by atoms with Gasteiger partial charge in [0.15, 0.2) is 12.2 Å². The molecule has 0 amide bonds. The van der Waals surface area contributed by atoms with Crippen LogP contribution in [0.15, 0.2) is 0 Å². The number of aliphatic hydroxyl groups excluding tert-OH is 1. The summed E-state index contributed by atoms with van der Waals surface area (Å²) in [6.45, 7) is 14.1. The molecule has 0 aromatic heterocycles. The minimum Gasteiger partial charge on any atom is -0.462 e. The molecular weight excluding hydrogens is 1170 g/mol. The number of ether oxygens (including phenoxy) is 4. The van der Waals surface area contributed by atoms with Crippen LogP contribution in [0.3, 0.4) is 0 Å². The quantitative estimate of drug-likeness (QED) is 0.0222. The van der Waals surface area contributed by atoms with E-state index in [9.17, 15) is 43.2 Å². The van der Waals surface area contributed by atoms with Crippen molar-refractivity contribution in [1.29, 1.82) is 0 Å². The number of carbonyl (C=O) groups is 4. The Bertz CT molecular complexity index is 1770. The average molecular weight is 1310 g/mol. The Morgan fingerprint density at radius 2 is 0.539 bits per heavy atom. The second-order valence-corrected chi connectivity index (χ2v) is 29.8. The molecule has 0 spiro atoms. The summed E-state index contributed by atoms with van der Waals surface area (Å²) in [4.78, 5) is 72.5. The predicted molar refractivity (Wildman–Crippen MR) is 358 cm³/mol. The number of phosphoric ester groups is 2. The molecule has 0 aromatic rings. The highest BCUT2D eigenvalue weighted by molar-refractivity contribution is 7.47. The van der Waals surface area contributed by atoms with E-state index in [0.29, 0.717) is 25.7 Å². The lowest BCUT2D eigenvalue weighted by Crippen LogP contribution is -2.30. The number of rotatable bonds is 67. The molecule has 17 nitrogen and oxygen atoms in total. The maximum atomic E-state index is 13.0. The second-order valence-electron chi connectivity index (χ2n) is 26.9. The summed E-state index contributed by atoms with van der Waals surface area (Å²) >= 11 is 0. The Morgan fingerprint density at radius 1 is 0.315 bits per heavy atom. The number of unbranched alkanes of at least 4 members (excludes halogenated alkanes) is 32. The first-order valence-electron chi connectivity index (χ1n) is 36.2. The summed E-state index contributed by atoms with van der Waals surface area (Å²) in [7, 11) is -9.90. The first-order valence-corrected chi connectivity index (χ1v) is 39.2. The van der Waals surface area contributed by atoms with Crippen molar-refractivity contribution in [3.05, 3.63) is 0 Å². The Balaban J connectivity index is 5.26. The minimum absolute atomic E-state index is 0.104. The first kappa shape index (κ1) is 87.1. The molecular formula is C70H136O17P2. The molecule has 6 atom stereocenters. The zero-order valence-electron chi connectivity index (χ0n) is 58.1. The highest BCUT2D eigenvalue weighted by atomic mass is 31.2. The lowest BCUT2D eigenvalue weighted by atomic mass is 10.00. The van der Waals surface area contributed by atoms with Crippen LogP contribution in [-0.2, 0) is 65.4 Å². The zero-order valence-corrected chi connectivity index (χ0v) is 59.8. The molecule has 0 heterocycles. The van der Waals surface area contributed by atoms with Crippen molar-refractivity contribution in [2.24, 2.45) is 23.7 Å². The molecule has 0 radical (unpaired) electrons. The number of hydrogen-bond acceptors (Lipinski definition) is 15. The third-order valence-electron chi connectivity index (χ3n) is 16.4. The van der Waals surface area contributed by atoms with E-state index in [0.717, 1.165) is 120 Å². The number of esters is 4. The molecule has 0 saturated carbocycles. The van der Waals surface area contributed by atoms with Gasteiger partial charge in [-0.1, -0.05) is 293 Å². The van der Waals surface area contributed by atoms with Gasteiger partial charge in [-0.15, -0.1) is 0 Å². The van der Waals surface area contributed by atoms with Gasteiger partial charge < -0.3 is 33.8 Å². The van der Waals surface area contributed by atoms with E-state index in [2.05, 4.69) is 55.4 Å². The summed E-state index contributed by atoms with van der Waals surface area (Å²) in [6.07, 6.45) is 41.7. The summed E-state index contributed by atoms with van der Waals surface area (Å²) in [5.74, 6) is 0.861. The van der Waals surface area contributed by atoms with Crippen LogP contribution in [0.4, 0.5) is 0 Å². The molecule has 0 fully saturated rings. The predicted octanol–water partition coefficient (Wildman–Crippen LogP) is 19.7. The van der Waals surface area contributed by atoms with Gasteiger partial charge in [0, 0.05) is 25.7 Å². The standard InChI is InChI=1S/C70H136O17P2/c1-9-63(8)49-41-33-28-29-35-43-51-68(73)81-57-66(87-69(74)52-44-36-26-20-12-10-11-16-22-30-38-46-60(2)3)59-85-89(78,79)83-55-64(71)54-82-88(76,77)84-58-65(86-70(75)53-45-37-27-21-15-18-24-32-40-48-62(6)7)56-80-67(72)50-42-34-25-19-14-13-17-23-31-39-47-61(4)5/h60-66,71H,9-59H2,1-8H3,(H,76,77)(H,78,79)/t63?,64-,65-,66-/m1/s1. The number of aliphatic hydroxyl groups is 1. The molecule has 0 bridgehead atoms. The van der Waals surface area contributed by atoms with Crippen molar-refractivity contribution in [2.45, 2.75) is 363 Å². The van der Waals surface area contributed by atoms with E-state index >= 15 is 0 Å². The minimum atomic E-state index is -4.95. The summed E-state index contributed by atoms with van der Waals surface area (Å²) in [6, 6.07) is 0. The van der Waals surface area contributed by atoms with Crippen molar-refractivity contribution in [1.82, 2.24) is 0 Å². The van der Waals surface area contributed by atoms with Gasteiger partial charge in [-0.3, -0.25) is 37.3 Å². The van der Waals surface area contributed by atoms with Crippen LogP contribution in [0.1, 0.15) is 344 Å². The normalized spacial score (nSPS) is 14.6. The first-order chi connectivity index (χ1) is 42.6. The SMILES string of the molecule is CCC(C)CCCCCCCCC(=O)OC[C@H](COP(=O)(O)OC[C@H](O)COP(=O)(O)OC[C@@H](COC(=O)CCCCCCCCCCCCC(C)C)OC(=O)CCCCCCCCCCCC(C)C)OC(=O)CCCCCCCCCCCCCC(C)C. The van der Waals surface area contributed by atoms with Crippen LogP contribution in [0.25, 0.3) is 0 Å². The fourth-order valence-corrected chi connectivity index (χ4v) is 12.0. The van der Waals surface area contributed by atoms with Crippen LogP contribution in [-0.4, -0.2) is 96.7 Å². The van der Waals surface area contributed by atoms with Gasteiger partial charge in [-0.2, -0.15) is 0 Å². The Hall–Kier alpha value is -1.94. The summed E-state index contributed by atoms with van der Waals surface area (Å²) in [5.41, 5.74) is 0. The maximum Gasteiger partial charge on any atom is 0.472 e. The lowest BCUT2D eigenvalue weighted by molar-refractivity contribution is -0.161. The Kier molecular flexibility index (Phi) is 58.5. The van der Waals surface area contributed by atoms with E-state index in [-0.39, 0.29) is 25.7 Å². The van der Waals surface area contributed by atoms with Crippen LogP contribution >= 0.6 is 15.6 Å². The second kappa shape index (κ2) is 59.8. The molecule has 89 heavy (non-hydrogen) atoms. The highest BCUT2D eigenvalue weighted by Gasteiger charge is 2.30. The Labute approximate surface area is 543 Å². The van der Waals surface area contributed by atoms with Crippen molar-refractivity contribution >= 4 is 39.5 Å². The Morgan fingerprint density at radius 3 is 0.798 bits per heavy atom.